The van der Waals surface area contributed by atoms with Gasteiger partial charge >= 0.3 is 0 Å². The molecule has 1 heteroatoms. The van der Waals surface area contributed by atoms with Gasteiger partial charge in [-0.25, -0.2) is 0 Å². The molecule has 2 aliphatic carbocycles. The fraction of sp³-hybridized carbons (Fsp3) is 0.875. The fourth-order valence-electron chi connectivity index (χ4n) is 4.42. The molecule has 0 aromatic rings. The van der Waals surface area contributed by atoms with E-state index in [0.717, 1.165) is 23.8 Å². The molecule has 3 atom stereocenters. The van der Waals surface area contributed by atoms with E-state index in [2.05, 4.69) is 26.8 Å². The number of allylic oxidation sites excluding steroid dienone is 1. The Balaban J connectivity index is 2.04. The van der Waals surface area contributed by atoms with E-state index in [1.807, 2.05) is 6.92 Å². The predicted octanol–water partition coefficient (Wildman–Crippen LogP) is 4.17. The normalized spacial score (nSPS) is 39.9. The van der Waals surface area contributed by atoms with E-state index in [4.69, 9.17) is 5.11 Å². The van der Waals surface area contributed by atoms with Crippen molar-refractivity contribution < 1.29 is 5.11 Å². The first-order valence-corrected chi connectivity index (χ1v) is 7.18. The van der Waals surface area contributed by atoms with Gasteiger partial charge in [0, 0.05) is 0 Å². The van der Waals surface area contributed by atoms with Crippen LogP contribution in [0.25, 0.3) is 0 Å². The number of rotatable bonds is 4. The lowest BCUT2D eigenvalue weighted by Gasteiger charge is -2.48. The summed E-state index contributed by atoms with van der Waals surface area (Å²) in [5.41, 5.74) is 2.15. The molecule has 0 amide bonds. The zero-order chi connectivity index (χ0) is 12.7. The third-order valence-corrected chi connectivity index (χ3v) is 6.23. The van der Waals surface area contributed by atoms with E-state index in [1.54, 1.807) is 0 Å². The summed E-state index contributed by atoms with van der Waals surface area (Å²) in [6, 6.07) is 0. The second-order valence-corrected chi connectivity index (χ2v) is 7.09. The lowest BCUT2D eigenvalue weighted by Crippen LogP contribution is -2.40. The van der Waals surface area contributed by atoms with Crippen LogP contribution in [0.15, 0.2) is 11.6 Å². The summed E-state index contributed by atoms with van der Waals surface area (Å²) in [5.74, 6) is 1.91. The minimum absolute atomic E-state index is 0.214. The molecule has 1 nitrogen and oxygen atoms in total. The average Bonchev–Trinajstić information content (AvgIpc) is 2.82. The number of fused-ring (bicyclic) bond motifs is 2. The Morgan fingerprint density at radius 3 is 2.41 bits per heavy atom. The molecule has 0 aromatic heterocycles. The van der Waals surface area contributed by atoms with Gasteiger partial charge in [-0.05, 0) is 61.7 Å². The van der Waals surface area contributed by atoms with Crippen molar-refractivity contribution in [1.29, 1.82) is 0 Å². The van der Waals surface area contributed by atoms with Gasteiger partial charge in [0.05, 0.1) is 6.61 Å². The van der Waals surface area contributed by atoms with Crippen LogP contribution in [-0.2, 0) is 0 Å². The third kappa shape index (κ3) is 1.97. The zero-order valence-corrected chi connectivity index (χ0v) is 11.9. The molecule has 2 bridgehead atoms. The molecule has 3 unspecified atom stereocenters. The van der Waals surface area contributed by atoms with Crippen LogP contribution < -0.4 is 0 Å². The lowest BCUT2D eigenvalue weighted by molar-refractivity contribution is 0.0137. The molecule has 0 heterocycles. The minimum Gasteiger partial charge on any atom is -0.392 e. The number of hydrogen-bond donors (Lipinski definition) is 1. The van der Waals surface area contributed by atoms with E-state index in [9.17, 15) is 0 Å². The number of aliphatic hydroxyl groups excluding tert-OH is 1. The van der Waals surface area contributed by atoms with Gasteiger partial charge in [0.25, 0.3) is 0 Å². The maximum atomic E-state index is 9.03. The quantitative estimate of drug-likeness (QED) is 0.726. The van der Waals surface area contributed by atoms with Crippen molar-refractivity contribution in [3.63, 3.8) is 0 Å². The molecule has 0 spiro atoms. The summed E-state index contributed by atoms with van der Waals surface area (Å²) in [4.78, 5) is 0. The monoisotopic (exact) mass is 236 g/mol. The molecule has 2 saturated carbocycles. The summed E-state index contributed by atoms with van der Waals surface area (Å²) in [6.07, 6.45) is 9.03. The summed E-state index contributed by atoms with van der Waals surface area (Å²) < 4.78 is 0. The van der Waals surface area contributed by atoms with Crippen molar-refractivity contribution in [3.8, 4) is 0 Å². The van der Waals surface area contributed by atoms with Crippen LogP contribution in [0.5, 0.6) is 0 Å². The van der Waals surface area contributed by atoms with Gasteiger partial charge < -0.3 is 5.11 Å². The predicted molar refractivity (Wildman–Crippen MR) is 72.8 cm³/mol. The second-order valence-electron chi connectivity index (χ2n) is 7.09. The van der Waals surface area contributed by atoms with Crippen molar-refractivity contribution in [3.05, 3.63) is 11.6 Å². The SMILES string of the molecule is CC(=CCCC1(C)C2CCC(C2)C1(C)C)CO. The topological polar surface area (TPSA) is 20.2 Å². The Morgan fingerprint density at radius 2 is 1.88 bits per heavy atom. The molecule has 2 fully saturated rings. The molecule has 17 heavy (non-hydrogen) atoms. The fourth-order valence-corrected chi connectivity index (χ4v) is 4.42. The maximum absolute atomic E-state index is 9.03. The molecular formula is C16H28O. The molecule has 0 aliphatic heterocycles. The molecule has 98 valence electrons. The first-order chi connectivity index (χ1) is 7.91. The standard InChI is InChI=1S/C16H28O/c1-12(11-17)6-5-9-16(4)14-8-7-13(10-14)15(16,2)3/h6,13-14,17H,5,7-11H2,1-4H3. The van der Waals surface area contributed by atoms with E-state index < -0.39 is 0 Å². The van der Waals surface area contributed by atoms with E-state index >= 15 is 0 Å². The Kier molecular flexibility index (Phi) is 3.42. The molecule has 1 N–H and O–H groups in total. The van der Waals surface area contributed by atoms with Crippen LogP contribution in [0.3, 0.4) is 0 Å². The summed E-state index contributed by atoms with van der Waals surface area (Å²) in [7, 11) is 0. The van der Waals surface area contributed by atoms with Crippen LogP contribution in [0.2, 0.25) is 0 Å². The van der Waals surface area contributed by atoms with Crippen LogP contribution in [-0.4, -0.2) is 11.7 Å². The molecular weight excluding hydrogens is 208 g/mol. The highest BCUT2D eigenvalue weighted by atomic mass is 16.3. The van der Waals surface area contributed by atoms with E-state index in [-0.39, 0.29) is 6.61 Å². The molecule has 0 saturated heterocycles. The first-order valence-electron chi connectivity index (χ1n) is 7.18. The lowest BCUT2D eigenvalue weighted by atomic mass is 9.57. The van der Waals surface area contributed by atoms with Gasteiger partial charge in [0.1, 0.15) is 0 Å². The van der Waals surface area contributed by atoms with Crippen LogP contribution in [0.1, 0.15) is 59.8 Å². The van der Waals surface area contributed by atoms with Crippen LogP contribution in [0, 0.1) is 22.7 Å². The van der Waals surface area contributed by atoms with Crippen molar-refractivity contribution >= 4 is 0 Å². The summed E-state index contributed by atoms with van der Waals surface area (Å²) in [6.45, 7) is 9.72. The number of aliphatic hydroxyl groups is 1. The Bertz CT molecular complexity index is 315. The van der Waals surface area contributed by atoms with Gasteiger partial charge in [-0.15, -0.1) is 0 Å². The zero-order valence-electron chi connectivity index (χ0n) is 11.9. The average molecular weight is 236 g/mol. The van der Waals surface area contributed by atoms with E-state index in [0.29, 0.717) is 10.8 Å². The van der Waals surface area contributed by atoms with Crippen LogP contribution in [0.4, 0.5) is 0 Å². The Morgan fingerprint density at radius 1 is 1.24 bits per heavy atom. The number of hydrogen-bond acceptors (Lipinski definition) is 1. The highest BCUT2D eigenvalue weighted by Crippen LogP contribution is 2.67. The van der Waals surface area contributed by atoms with Gasteiger partial charge in [0.2, 0.25) is 0 Å². The molecule has 2 aliphatic rings. The molecule has 0 radical (unpaired) electrons. The Labute approximate surface area is 106 Å². The minimum atomic E-state index is 0.214. The smallest absolute Gasteiger partial charge is 0.0639 e. The van der Waals surface area contributed by atoms with Crippen molar-refractivity contribution in [2.24, 2.45) is 22.7 Å². The maximum Gasteiger partial charge on any atom is 0.0639 e. The molecule has 0 aromatic carbocycles. The van der Waals surface area contributed by atoms with Gasteiger partial charge in [-0.1, -0.05) is 32.4 Å². The van der Waals surface area contributed by atoms with Crippen molar-refractivity contribution in [2.45, 2.75) is 59.8 Å². The van der Waals surface area contributed by atoms with Crippen LogP contribution >= 0.6 is 0 Å². The Hall–Kier alpha value is -0.300. The van der Waals surface area contributed by atoms with Gasteiger partial charge in [0.15, 0.2) is 0 Å². The third-order valence-electron chi connectivity index (χ3n) is 6.23. The van der Waals surface area contributed by atoms with E-state index in [1.165, 1.54) is 25.7 Å². The summed E-state index contributed by atoms with van der Waals surface area (Å²) in [5, 5.41) is 9.03. The van der Waals surface area contributed by atoms with Gasteiger partial charge in [-0.2, -0.15) is 0 Å². The largest absolute Gasteiger partial charge is 0.392 e. The highest BCUT2D eigenvalue weighted by Gasteiger charge is 2.59. The second kappa shape index (κ2) is 4.42. The first kappa shape index (κ1) is 13.1. The van der Waals surface area contributed by atoms with Crippen molar-refractivity contribution in [2.75, 3.05) is 6.61 Å². The summed E-state index contributed by atoms with van der Waals surface area (Å²) >= 11 is 0. The van der Waals surface area contributed by atoms with Gasteiger partial charge in [-0.3, -0.25) is 0 Å². The highest BCUT2D eigenvalue weighted by molar-refractivity contribution is 5.09. The van der Waals surface area contributed by atoms with Crippen molar-refractivity contribution in [1.82, 2.24) is 0 Å². The molecule has 2 rings (SSSR count).